The molecule has 1 aromatic carbocycles. The molecule has 0 aliphatic heterocycles. The largest absolute Gasteiger partial charge is 0.378 e. The van der Waals surface area contributed by atoms with Crippen molar-refractivity contribution in [3.05, 3.63) is 34.3 Å². The van der Waals surface area contributed by atoms with Gasteiger partial charge in [0.1, 0.15) is 0 Å². The van der Waals surface area contributed by atoms with Gasteiger partial charge in [-0.15, -0.1) is 0 Å². The summed E-state index contributed by atoms with van der Waals surface area (Å²) in [4.78, 5) is 0. The van der Waals surface area contributed by atoms with Crippen molar-refractivity contribution < 1.29 is 4.74 Å². The first-order chi connectivity index (χ1) is 9.10. The first-order valence-electron chi connectivity index (χ1n) is 7.19. The highest BCUT2D eigenvalue weighted by Gasteiger charge is 2.50. The van der Waals surface area contributed by atoms with Gasteiger partial charge in [-0.25, -0.2) is 0 Å². The van der Waals surface area contributed by atoms with E-state index < -0.39 is 0 Å². The Morgan fingerprint density at radius 3 is 2.58 bits per heavy atom. The van der Waals surface area contributed by atoms with Crippen molar-refractivity contribution >= 4 is 15.9 Å². The van der Waals surface area contributed by atoms with E-state index in [4.69, 9.17) is 4.74 Å². The third-order valence-electron chi connectivity index (χ3n) is 4.58. The number of nitrogens with one attached hydrogen (secondary N) is 1. The van der Waals surface area contributed by atoms with Gasteiger partial charge in [-0.05, 0) is 37.5 Å². The van der Waals surface area contributed by atoms with E-state index in [-0.39, 0.29) is 5.41 Å². The zero-order valence-corrected chi connectivity index (χ0v) is 13.7. The molecular formula is C16H24BrNO. The topological polar surface area (TPSA) is 21.3 Å². The summed E-state index contributed by atoms with van der Waals surface area (Å²) in [5, 5.41) is 3.69. The molecule has 1 aliphatic carbocycles. The van der Waals surface area contributed by atoms with E-state index in [0.717, 1.165) is 30.5 Å². The van der Waals surface area contributed by atoms with Crippen LogP contribution in [0, 0.1) is 5.41 Å². The van der Waals surface area contributed by atoms with E-state index in [1.54, 1.807) is 0 Å². The van der Waals surface area contributed by atoms with Crippen molar-refractivity contribution in [2.75, 3.05) is 6.61 Å². The molecule has 2 rings (SSSR count). The Balaban J connectivity index is 1.88. The normalized spacial score (nSPS) is 30.1. The van der Waals surface area contributed by atoms with Crippen LogP contribution in [0.3, 0.4) is 0 Å². The van der Waals surface area contributed by atoms with Crippen molar-refractivity contribution in [3.8, 4) is 0 Å². The van der Waals surface area contributed by atoms with Crippen LogP contribution in [0.5, 0.6) is 0 Å². The lowest BCUT2D eigenvalue weighted by molar-refractivity contribution is -0.126. The summed E-state index contributed by atoms with van der Waals surface area (Å²) in [5.41, 5.74) is 1.62. The summed E-state index contributed by atoms with van der Waals surface area (Å²) in [6, 6.07) is 9.09. The number of ether oxygens (including phenoxy) is 1. The van der Waals surface area contributed by atoms with Gasteiger partial charge in [0.25, 0.3) is 0 Å². The van der Waals surface area contributed by atoms with Crippen LogP contribution in [0.15, 0.2) is 28.7 Å². The second-order valence-electron chi connectivity index (χ2n) is 5.60. The minimum Gasteiger partial charge on any atom is -0.378 e. The fourth-order valence-electron chi connectivity index (χ4n) is 2.91. The van der Waals surface area contributed by atoms with Crippen LogP contribution in [0.4, 0.5) is 0 Å². The lowest BCUT2D eigenvalue weighted by Gasteiger charge is -2.53. The summed E-state index contributed by atoms with van der Waals surface area (Å²) in [6.45, 7) is 8.44. The number of hydrogen-bond donors (Lipinski definition) is 1. The average molecular weight is 326 g/mol. The van der Waals surface area contributed by atoms with Gasteiger partial charge >= 0.3 is 0 Å². The molecule has 3 heteroatoms. The molecule has 19 heavy (non-hydrogen) atoms. The molecule has 106 valence electrons. The molecule has 3 unspecified atom stereocenters. The van der Waals surface area contributed by atoms with Crippen molar-refractivity contribution in [2.45, 2.75) is 52.3 Å². The van der Waals surface area contributed by atoms with Gasteiger partial charge in [0.2, 0.25) is 0 Å². The standard InChI is InChI=1S/C16H24BrNO/c1-4-16(3)14(10-15(16)19-5-2)18-11-12-6-8-13(17)9-7-12/h6-9,14-15,18H,4-5,10-11H2,1-3H3. The van der Waals surface area contributed by atoms with Crippen LogP contribution in [-0.4, -0.2) is 18.8 Å². The van der Waals surface area contributed by atoms with Crippen molar-refractivity contribution in [1.29, 1.82) is 0 Å². The molecule has 1 saturated carbocycles. The molecule has 0 aromatic heterocycles. The Labute approximate surface area is 125 Å². The van der Waals surface area contributed by atoms with Gasteiger partial charge in [-0.3, -0.25) is 0 Å². The summed E-state index contributed by atoms with van der Waals surface area (Å²) >= 11 is 3.47. The van der Waals surface area contributed by atoms with Crippen molar-refractivity contribution in [1.82, 2.24) is 5.32 Å². The Bertz CT molecular complexity index is 406. The minimum atomic E-state index is 0.283. The highest BCUT2D eigenvalue weighted by molar-refractivity contribution is 9.10. The Hall–Kier alpha value is -0.380. The zero-order chi connectivity index (χ0) is 13.9. The highest BCUT2D eigenvalue weighted by Crippen LogP contribution is 2.45. The van der Waals surface area contributed by atoms with Crippen LogP contribution in [0.2, 0.25) is 0 Å². The molecule has 0 saturated heterocycles. The maximum absolute atomic E-state index is 5.84. The Kier molecular flexibility index (Phi) is 5.04. The molecule has 3 atom stereocenters. The fourth-order valence-corrected chi connectivity index (χ4v) is 3.17. The van der Waals surface area contributed by atoms with Gasteiger partial charge in [-0.1, -0.05) is 41.9 Å². The quantitative estimate of drug-likeness (QED) is 0.849. The highest BCUT2D eigenvalue weighted by atomic mass is 79.9. The first-order valence-corrected chi connectivity index (χ1v) is 7.99. The molecule has 0 amide bonds. The Morgan fingerprint density at radius 2 is 2.00 bits per heavy atom. The van der Waals surface area contributed by atoms with Gasteiger partial charge in [-0.2, -0.15) is 0 Å². The number of hydrogen-bond acceptors (Lipinski definition) is 2. The summed E-state index contributed by atoms with van der Waals surface area (Å²) in [6.07, 6.45) is 2.72. The van der Waals surface area contributed by atoms with Crippen LogP contribution >= 0.6 is 15.9 Å². The molecule has 1 aliphatic rings. The molecule has 0 heterocycles. The van der Waals surface area contributed by atoms with E-state index in [9.17, 15) is 0 Å². The maximum atomic E-state index is 5.84. The van der Waals surface area contributed by atoms with E-state index in [1.165, 1.54) is 5.56 Å². The lowest BCUT2D eigenvalue weighted by atomic mass is 9.61. The van der Waals surface area contributed by atoms with Crippen molar-refractivity contribution in [2.24, 2.45) is 5.41 Å². The molecule has 1 fully saturated rings. The second-order valence-corrected chi connectivity index (χ2v) is 6.51. The first kappa shape index (κ1) is 15.0. The monoisotopic (exact) mass is 325 g/mol. The molecule has 0 radical (unpaired) electrons. The Morgan fingerprint density at radius 1 is 1.32 bits per heavy atom. The van der Waals surface area contributed by atoms with E-state index in [1.807, 2.05) is 0 Å². The average Bonchev–Trinajstić information content (AvgIpc) is 2.43. The molecule has 0 bridgehead atoms. The molecule has 1 N–H and O–H groups in total. The molecule has 0 spiro atoms. The van der Waals surface area contributed by atoms with Crippen LogP contribution in [0.25, 0.3) is 0 Å². The number of rotatable bonds is 6. The SMILES string of the molecule is CCOC1CC(NCc2ccc(Br)cc2)C1(C)CC. The molecule has 2 nitrogen and oxygen atoms in total. The van der Waals surface area contributed by atoms with E-state index >= 15 is 0 Å². The maximum Gasteiger partial charge on any atom is 0.0658 e. The lowest BCUT2D eigenvalue weighted by Crippen LogP contribution is -2.61. The van der Waals surface area contributed by atoms with Gasteiger partial charge in [0.15, 0.2) is 0 Å². The van der Waals surface area contributed by atoms with E-state index in [0.29, 0.717) is 12.1 Å². The predicted molar refractivity (Wildman–Crippen MR) is 83.2 cm³/mol. The van der Waals surface area contributed by atoms with Gasteiger partial charge < -0.3 is 10.1 Å². The molecule has 1 aromatic rings. The van der Waals surface area contributed by atoms with Gasteiger partial charge in [0, 0.05) is 29.1 Å². The predicted octanol–water partition coefficient (Wildman–Crippen LogP) is 4.13. The third-order valence-corrected chi connectivity index (χ3v) is 5.11. The summed E-state index contributed by atoms with van der Waals surface area (Å²) < 4.78 is 6.97. The second kappa shape index (κ2) is 6.38. The van der Waals surface area contributed by atoms with Gasteiger partial charge in [0.05, 0.1) is 6.10 Å². The molecular weight excluding hydrogens is 302 g/mol. The number of benzene rings is 1. The summed E-state index contributed by atoms with van der Waals surface area (Å²) in [7, 11) is 0. The fraction of sp³-hybridized carbons (Fsp3) is 0.625. The summed E-state index contributed by atoms with van der Waals surface area (Å²) in [5.74, 6) is 0. The van der Waals surface area contributed by atoms with Crippen molar-refractivity contribution in [3.63, 3.8) is 0 Å². The number of halogens is 1. The van der Waals surface area contributed by atoms with Crippen LogP contribution in [-0.2, 0) is 11.3 Å². The minimum absolute atomic E-state index is 0.283. The van der Waals surface area contributed by atoms with Crippen LogP contribution in [0.1, 0.15) is 39.2 Å². The van der Waals surface area contributed by atoms with Crippen LogP contribution < -0.4 is 5.32 Å². The zero-order valence-electron chi connectivity index (χ0n) is 12.1. The third kappa shape index (κ3) is 3.21. The van der Waals surface area contributed by atoms with E-state index in [2.05, 4.69) is 66.3 Å². The smallest absolute Gasteiger partial charge is 0.0658 e.